The van der Waals surface area contributed by atoms with Gasteiger partial charge in [-0.25, -0.2) is 9.97 Å². The van der Waals surface area contributed by atoms with E-state index in [0.29, 0.717) is 6.01 Å². The van der Waals surface area contributed by atoms with Crippen LogP contribution in [0.1, 0.15) is 43.2 Å². The van der Waals surface area contributed by atoms with Crippen molar-refractivity contribution in [3.63, 3.8) is 0 Å². The Morgan fingerprint density at radius 3 is 2.44 bits per heavy atom. The van der Waals surface area contributed by atoms with Crippen molar-refractivity contribution in [2.75, 3.05) is 13.1 Å². The van der Waals surface area contributed by atoms with Crippen LogP contribution in [0.25, 0.3) is 0 Å². The van der Waals surface area contributed by atoms with E-state index in [0.717, 1.165) is 43.5 Å². The molecule has 25 heavy (non-hydrogen) atoms. The molecule has 0 aliphatic carbocycles. The monoisotopic (exact) mass is 339 g/mol. The van der Waals surface area contributed by atoms with Crippen molar-refractivity contribution in [3.05, 3.63) is 53.9 Å². The predicted molar refractivity (Wildman–Crippen MR) is 96.5 cm³/mol. The number of carbonyl (C=O) groups is 1. The summed E-state index contributed by atoms with van der Waals surface area (Å²) < 4.78 is 5.85. The number of rotatable bonds is 5. The largest absolute Gasteiger partial charge is 0.460 e. The third-order valence-electron chi connectivity index (χ3n) is 4.69. The molecule has 1 atom stereocenters. The van der Waals surface area contributed by atoms with Gasteiger partial charge in [-0.15, -0.1) is 0 Å². The van der Waals surface area contributed by atoms with Crippen molar-refractivity contribution < 1.29 is 9.53 Å². The fraction of sp³-hybridized carbons (Fsp3) is 0.450. The summed E-state index contributed by atoms with van der Waals surface area (Å²) in [5.41, 5.74) is 2.11. The molecule has 2 heterocycles. The molecule has 1 aliphatic heterocycles. The van der Waals surface area contributed by atoms with E-state index in [1.54, 1.807) is 12.4 Å². The molecule has 0 radical (unpaired) electrons. The number of aryl methyl sites for hydroxylation is 1. The molecular weight excluding hydrogens is 314 g/mol. The lowest BCUT2D eigenvalue weighted by Gasteiger charge is -2.34. The quantitative estimate of drug-likeness (QED) is 0.838. The highest BCUT2D eigenvalue weighted by Crippen LogP contribution is 2.24. The van der Waals surface area contributed by atoms with E-state index in [9.17, 15) is 4.79 Å². The smallest absolute Gasteiger partial charge is 0.316 e. The second kappa shape index (κ2) is 8.10. The molecule has 1 saturated heterocycles. The van der Waals surface area contributed by atoms with Crippen molar-refractivity contribution in [1.29, 1.82) is 0 Å². The minimum absolute atomic E-state index is 0.0564. The Hall–Kier alpha value is -2.43. The van der Waals surface area contributed by atoms with Gasteiger partial charge in [-0.3, -0.25) is 4.79 Å². The van der Waals surface area contributed by atoms with Crippen LogP contribution in [-0.4, -0.2) is 40.0 Å². The van der Waals surface area contributed by atoms with Crippen molar-refractivity contribution in [3.8, 4) is 6.01 Å². The third kappa shape index (κ3) is 4.35. The molecule has 5 heteroatoms. The van der Waals surface area contributed by atoms with Gasteiger partial charge in [-0.2, -0.15) is 0 Å². The first-order valence-corrected chi connectivity index (χ1v) is 8.96. The molecule has 1 unspecified atom stereocenters. The highest BCUT2D eigenvalue weighted by atomic mass is 16.5. The first-order chi connectivity index (χ1) is 12.2. The number of piperidine rings is 1. The molecule has 1 amide bonds. The van der Waals surface area contributed by atoms with Crippen molar-refractivity contribution >= 4 is 5.91 Å². The van der Waals surface area contributed by atoms with E-state index in [1.165, 1.54) is 0 Å². The number of amides is 1. The summed E-state index contributed by atoms with van der Waals surface area (Å²) in [6, 6.07) is 10.5. The van der Waals surface area contributed by atoms with Crippen LogP contribution in [0.2, 0.25) is 0 Å². The molecule has 0 bridgehead atoms. The second-order valence-corrected chi connectivity index (χ2v) is 6.56. The number of nitrogens with zero attached hydrogens (tertiary/aromatic N) is 3. The topological polar surface area (TPSA) is 55.3 Å². The number of hydrogen-bond acceptors (Lipinski definition) is 4. The fourth-order valence-electron chi connectivity index (χ4n) is 3.24. The lowest BCUT2D eigenvalue weighted by Crippen LogP contribution is -2.43. The van der Waals surface area contributed by atoms with Crippen molar-refractivity contribution in [2.45, 2.75) is 45.1 Å². The van der Waals surface area contributed by atoms with Gasteiger partial charge in [0.15, 0.2) is 0 Å². The number of likely N-dealkylation sites (tertiary alicyclic amines) is 1. The summed E-state index contributed by atoms with van der Waals surface area (Å²) in [5.74, 6) is 0.165. The molecule has 3 rings (SSSR count). The van der Waals surface area contributed by atoms with E-state index >= 15 is 0 Å². The summed E-state index contributed by atoms with van der Waals surface area (Å²) in [6.45, 7) is 5.46. The minimum Gasteiger partial charge on any atom is -0.460 e. The van der Waals surface area contributed by atoms with Crippen LogP contribution < -0.4 is 4.74 Å². The van der Waals surface area contributed by atoms with Crippen molar-refractivity contribution in [2.24, 2.45) is 0 Å². The van der Waals surface area contributed by atoms with E-state index in [2.05, 4.69) is 16.9 Å². The summed E-state index contributed by atoms with van der Waals surface area (Å²) in [5, 5.41) is 0. The normalized spacial score (nSPS) is 16.5. The van der Waals surface area contributed by atoms with Crippen molar-refractivity contribution in [1.82, 2.24) is 14.9 Å². The minimum atomic E-state index is -0.0564. The van der Waals surface area contributed by atoms with Crippen LogP contribution in [0.3, 0.4) is 0 Å². The van der Waals surface area contributed by atoms with Crippen LogP contribution in [0.5, 0.6) is 6.01 Å². The molecule has 5 nitrogen and oxygen atoms in total. The summed E-state index contributed by atoms with van der Waals surface area (Å²) >= 11 is 0. The molecule has 0 spiro atoms. The van der Waals surface area contributed by atoms with E-state index in [-0.39, 0.29) is 17.9 Å². The van der Waals surface area contributed by atoms with Crippen LogP contribution in [0, 0.1) is 6.92 Å². The highest BCUT2D eigenvalue weighted by molar-refractivity contribution is 5.83. The van der Waals surface area contributed by atoms with Gasteiger partial charge in [-0.05, 0) is 24.5 Å². The Balaban J connectivity index is 1.56. The molecule has 132 valence electrons. The average Bonchev–Trinajstić information content (AvgIpc) is 2.66. The zero-order valence-electron chi connectivity index (χ0n) is 14.9. The predicted octanol–water partition coefficient (Wildman–Crippen LogP) is 3.35. The SMILES string of the molecule is CCC(C(=O)N1CCC(Oc2ncc(C)cn2)CC1)c1ccccc1. The lowest BCUT2D eigenvalue weighted by atomic mass is 9.94. The molecule has 1 aromatic heterocycles. The maximum absolute atomic E-state index is 12.9. The van der Waals surface area contributed by atoms with Gasteiger partial charge >= 0.3 is 6.01 Å². The van der Waals surface area contributed by atoms with Gasteiger partial charge in [0.1, 0.15) is 6.10 Å². The highest BCUT2D eigenvalue weighted by Gasteiger charge is 2.29. The van der Waals surface area contributed by atoms with Gasteiger partial charge < -0.3 is 9.64 Å². The maximum atomic E-state index is 12.9. The maximum Gasteiger partial charge on any atom is 0.316 e. The lowest BCUT2D eigenvalue weighted by molar-refractivity contribution is -0.134. The summed E-state index contributed by atoms with van der Waals surface area (Å²) in [6.07, 6.45) is 6.03. The Bertz CT molecular complexity index is 680. The van der Waals surface area contributed by atoms with E-state index in [4.69, 9.17) is 4.74 Å². The van der Waals surface area contributed by atoms with Gasteiger partial charge in [0.2, 0.25) is 5.91 Å². The summed E-state index contributed by atoms with van der Waals surface area (Å²) in [7, 11) is 0. The number of ether oxygens (including phenoxy) is 1. The standard InChI is InChI=1S/C20H25N3O2/c1-3-18(16-7-5-4-6-8-16)19(24)23-11-9-17(10-12-23)25-20-21-13-15(2)14-22-20/h4-8,13-14,17-18H,3,9-12H2,1-2H3. The molecule has 2 aromatic rings. The molecule has 0 saturated carbocycles. The Morgan fingerprint density at radius 1 is 1.20 bits per heavy atom. The fourth-order valence-corrected chi connectivity index (χ4v) is 3.24. The van der Waals surface area contributed by atoms with Crippen LogP contribution in [0.4, 0.5) is 0 Å². The molecule has 0 N–H and O–H groups in total. The van der Waals surface area contributed by atoms with Gasteiger partial charge in [-0.1, -0.05) is 37.3 Å². The number of hydrogen-bond donors (Lipinski definition) is 0. The number of carbonyl (C=O) groups excluding carboxylic acids is 1. The van der Waals surface area contributed by atoms with Crippen LogP contribution >= 0.6 is 0 Å². The average molecular weight is 339 g/mol. The number of benzene rings is 1. The molecular formula is C20H25N3O2. The van der Waals surface area contributed by atoms with Gasteiger partial charge in [0.05, 0.1) is 5.92 Å². The first-order valence-electron chi connectivity index (χ1n) is 8.96. The Labute approximate surface area is 149 Å². The van der Waals surface area contributed by atoms with Gasteiger partial charge in [0.25, 0.3) is 0 Å². The molecule has 1 fully saturated rings. The zero-order valence-corrected chi connectivity index (χ0v) is 14.9. The molecule has 1 aliphatic rings. The first kappa shape index (κ1) is 17.4. The second-order valence-electron chi connectivity index (χ2n) is 6.56. The number of aromatic nitrogens is 2. The Morgan fingerprint density at radius 2 is 1.84 bits per heavy atom. The van der Waals surface area contributed by atoms with Crippen LogP contribution in [-0.2, 0) is 4.79 Å². The Kier molecular flexibility index (Phi) is 5.64. The molecule has 1 aromatic carbocycles. The van der Waals surface area contributed by atoms with Gasteiger partial charge in [0, 0.05) is 38.3 Å². The van der Waals surface area contributed by atoms with Crippen LogP contribution in [0.15, 0.2) is 42.7 Å². The third-order valence-corrected chi connectivity index (χ3v) is 4.69. The summed E-state index contributed by atoms with van der Waals surface area (Å²) in [4.78, 5) is 23.2. The van der Waals surface area contributed by atoms with E-state index < -0.39 is 0 Å². The van der Waals surface area contributed by atoms with E-state index in [1.807, 2.05) is 42.2 Å². The zero-order chi connectivity index (χ0) is 17.6.